The van der Waals surface area contributed by atoms with Gasteiger partial charge in [0.1, 0.15) is 19.3 Å². The van der Waals surface area contributed by atoms with Gasteiger partial charge >= 0.3 is 17.8 Å². The van der Waals surface area contributed by atoms with E-state index < -0.39 is 17.0 Å². The van der Waals surface area contributed by atoms with Crippen LogP contribution in [0.5, 0.6) is 6.01 Å². The third-order valence-electron chi connectivity index (χ3n) is 2.10. The Morgan fingerprint density at radius 3 is 3.19 bits per heavy atom. The highest BCUT2D eigenvalue weighted by atomic mass is 16.6. The summed E-state index contributed by atoms with van der Waals surface area (Å²) in [6.07, 6.45) is 0.601. The molecule has 1 aliphatic heterocycles. The van der Waals surface area contributed by atoms with E-state index in [0.29, 0.717) is 0 Å². The number of esters is 1. The second-order valence-corrected chi connectivity index (χ2v) is 3.31. The maximum atomic E-state index is 10.7. The molecule has 16 heavy (non-hydrogen) atoms. The molecule has 0 amide bonds. The number of nitrogens with zero attached hydrogens (tertiary/aromatic N) is 3. The van der Waals surface area contributed by atoms with Crippen LogP contribution < -0.4 is 4.74 Å². The number of nitro groups is 1. The van der Waals surface area contributed by atoms with Gasteiger partial charge in [-0.2, -0.15) is 9.55 Å². The predicted molar refractivity (Wildman–Crippen MR) is 49.9 cm³/mol. The van der Waals surface area contributed by atoms with Crippen molar-refractivity contribution in [3.8, 4) is 6.01 Å². The van der Waals surface area contributed by atoms with Crippen LogP contribution >= 0.6 is 0 Å². The number of fused-ring (bicyclic) bond motifs is 1. The van der Waals surface area contributed by atoms with Crippen LogP contribution in [0, 0.1) is 10.1 Å². The molecule has 0 saturated carbocycles. The van der Waals surface area contributed by atoms with Crippen molar-refractivity contribution < 1.29 is 19.2 Å². The van der Waals surface area contributed by atoms with E-state index in [1.54, 1.807) is 0 Å². The molecule has 1 atom stereocenters. The lowest BCUT2D eigenvalue weighted by molar-refractivity contribution is -0.392. The summed E-state index contributed by atoms with van der Waals surface area (Å²) in [6, 6.07) is 0.176. The lowest BCUT2D eigenvalue weighted by Crippen LogP contribution is -2.34. The molecule has 8 nitrogen and oxygen atoms in total. The molecule has 2 rings (SSSR count). The first-order valence-corrected chi connectivity index (χ1v) is 4.58. The Bertz CT molecular complexity index is 441. The molecular formula is C8H9N3O5. The molecule has 0 aliphatic carbocycles. The molecule has 8 heteroatoms. The van der Waals surface area contributed by atoms with Gasteiger partial charge in [-0.1, -0.05) is 0 Å². The van der Waals surface area contributed by atoms with E-state index in [-0.39, 0.29) is 25.0 Å². The molecule has 86 valence electrons. The van der Waals surface area contributed by atoms with Crippen molar-refractivity contribution >= 4 is 11.8 Å². The van der Waals surface area contributed by atoms with Crippen molar-refractivity contribution in [3.05, 3.63) is 16.3 Å². The average Bonchev–Trinajstić information content (AvgIpc) is 2.59. The number of imidazole rings is 1. The molecule has 1 unspecified atom stereocenters. The Labute approximate surface area is 89.9 Å². The zero-order valence-corrected chi connectivity index (χ0v) is 8.45. The van der Waals surface area contributed by atoms with E-state index in [2.05, 4.69) is 4.98 Å². The van der Waals surface area contributed by atoms with Gasteiger partial charge in [-0.3, -0.25) is 4.79 Å². The lowest BCUT2D eigenvalue weighted by Gasteiger charge is -2.20. The molecule has 1 aliphatic rings. The molecule has 0 fully saturated rings. The fourth-order valence-corrected chi connectivity index (χ4v) is 1.51. The van der Waals surface area contributed by atoms with Crippen LogP contribution in [-0.2, 0) is 16.1 Å². The van der Waals surface area contributed by atoms with Crippen LogP contribution in [0.4, 0.5) is 5.82 Å². The second kappa shape index (κ2) is 3.80. The minimum atomic E-state index is -0.560. The number of aromatic nitrogens is 2. The van der Waals surface area contributed by atoms with Gasteiger partial charge in [0.15, 0.2) is 6.10 Å². The van der Waals surface area contributed by atoms with Gasteiger partial charge in [0.05, 0.1) is 0 Å². The van der Waals surface area contributed by atoms with Gasteiger partial charge in [0.25, 0.3) is 0 Å². The first-order chi connectivity index (χ1) is 7.58. The van der Waals surface area contributed by atoms with Crippen molar-refractivity contribution in [3.63, 3.8) is 0 Å². The van der Waals surface area contributed by atoms with Gasteiger partial charge in [0, 0.05) is 6.92 Å². The molecule has 1 aromatic rings. The largest absolute Gasteiger partial charge is 0.455 e. The molecule has 0 saturated heterocycles. The number of hydrogen-bond acceptors (Lipinski definition) is 6. The highest BCUT2D eigenvalue weighted by molar-refractivity contribution is 5.66. The highest BCUT2D eigenvalue weighted by Gasteiger charge is 2.31. The molecule has 0 spiro atoms. The van der Waals surface area contributed by atoms with Crippen molar-refractivity contribution in [1.29, 1.82) is 0 Å². The summed E-state index contributed by atoms with van der Waals surface area (Å²) >= 11 is 0. The quantitative estimate of drug-likeness (QED) is 0.404. The molecule has 2 heterocycles. The monoisotopic (exact) mass is 227 g/mol. The summed E-state index contributed by atoms with van der Waals surface area (Å²) in [5.74, 6) is -0.619. The van der Waals surface area contributed by atoms with Gasteiger partial charge < -0.3 is 19.6 Å². The Morgan fingerprint density at radius 2 is 2.56 bits per heavy atom. The second-order valence-electron chi connectivity index (χ2n) is 3.31. The molecule has 0 bridgehead atoms. The normalized spacial score (nSPS) is 18.4. The number of carbonyl (C=O) groups is 1. The minimum Gasteiger partial charge on any atom is -0.455 e. The van der Waals surface area contributed by atoms with Crippen LogP contribution in [-0.4, -0.2) is 33.2 Å². The minimum absolute atomic E-state index is 0.160. The fourth-order valence-electron chi connectivity index (χ4n) is 1.51. The zero-order chi connectivity index (χ0) is 11.7. The maximum absolute atomic E-state index is 10.7. The SMILES string of the molecule is CC(=O)OC1COc2ncc([N+](=O)[O-])n2C1. The topological polar surface area (TPSA) is 96.5 Å². The maximum Gasteiger partial charge on any atom is 0.391 e. The Hall–Kier alpha value is -2.12. The molecule has 0 radical (unpaired) electrons. The Kier molecular flexibility index (Phi) is 2.47. The first kappa shape index (κ1) is 10.4. The molecular weight excluding hydrogens is 218 g/mol. The summed E-state index contributed by atoms with van der Waals surface area (Å²) < 4.78 is 11.3. The lowest BCUT2D eigenvalue weighted by atomic mass is 10.3. The summed E-state index contributed by atoms with van der Waals surface area (Å²) in [4.78, 5) is 24.6. The summed E-state index contributed by atoms with van der Waals surface area (Å²) in [5, 5.41) is 10.6. The Morgan fingerprint density at radius 1 is 1.81 bits per heavy atom. The highest BCUT2D eigenvalue weighted by Crippen LogP contribution is 2.24. The number of hydrogen-bond donors (Lipinski definition) is 0. The van der Waals surface area contributed by atoms with Gasteiger partial charge in [-0.05, 0) is 4.92 Å². The number of carbonyl (C=O) groups excluding carboxylic acids is 1. The van der Waals surface area contributed by atoms with E-state index in [1.165, 1.54) is 11.5 Å². The smallest absolute Gasteiger partial charge is 0.391 e. The predicted octanol–water partition coefficient (Wildman–Crippen LogP) is 0.115. The molecule has 1 aromatic heterocycles. The fraction of sp³-hybridized carbons (Fsp3) is 0.500. The standard InChI is InChI=1S/C8H9N3O5/c1-5(12)16-6-3-10-7(11(13)14)2-9-8(10)15-4-6/h2,6H,3-4H2,1H3. The van der Waals surface area contributed by atoms with E-state index in [1.807, 2.05) is 0 Å². The average molecular weight is 227 g/mol. The van der Waals surface area contributed by atoms with Crippen molar-refractivity contribution in [2.75, 3.05) is 6.61 Å². The first-order valence-electron chi connectivity index (χ1n) is 4.58. The van der Waals surface area contributed by atoms with Crippen molar-refractivity contribution in [2.45, 2.75) is 19.6 Å². The van der Waals surface area contributed by atoms with Crippen molar-refractivity contribution in [1.82, 2.24) is 9.55 Å². The van der Waals surface area contributed by atoms with Gasteiger partial charge in [-0.15, -0.1) is 0 Å². The summed E-state index contributed by atoms with van der Waals surface area (Å²) in [7, 11) is 0. The van der Waals surface area contributed by atoms with E-state index >= 15 is 0 Å². The van der Waals surface area contributed by atoms with E-state index in [4.69, 9.17) is 9.47 Å². The summed E-state index contributed by atoms with van der Waals surface area (Å²) in [5.41, 5.74) is 0. The van der Waals surface area contributed by atoms with E-state index in [9.17, 15) is 14.9 Å². The van der Waals surface area contributed by atoms with Crippen LogP contribution in [0.25, 0.3) is 0 Å². The number of rotatable bonds is 2. The molecule has 0 N–H and O–H groups in total. The van der Waals surface area contributed by atoms with Crippen molar-refractivity contribution in [2.24, 2.45) is 0 Å². The summed E-state index contributed by atoms with van der Waals surface area (Å²) in [6.45, 7) is 1.62. The third kappa shape index (κ3) is 1.81. The van der Waals surface area contributed by atoms with Gasteiger partial charge in [-0.25, -0.2) is 0 Å². The zero-order valence-electron chi connectivity index (χ0n) is 8.45. The third-order valence-corrected chi connectivity index (χ3v) is 2.10. The van der Waals surface area contributed by atoms with E-state index in [0.717, 1.165) is 6.20 Å². The van der Waals surface area contributed by atoms with Crippen LogP contribution in [0.3, 0.4) is 0 Å². The number of ether oxygens (including phenoxy) is 2. The van der Waals surface area contributed by atoms with Crippen LogP contribution in [0.15, 0.2) is 6.20 Å². The van der Waals surface area contributed by atoms with Crippen LogP contribution in [0.1, 0.15) is 6.92 Å². The Balaban J connectivity index is 2.20. The molecule has 0 aromatic carbocycles. The van der Waals surface area contributed by atoms with Gasteiger partial charge in [0.2, 0.25) is 0 Å². The van der Waals surface area contributed by atoms with Crippen LogP contribution in [0.2, 0.25) is 0 Å².